The highest BCUT2D eigenvalue weighted by molar-refractivity contribution is 6.09. The summed E-state index contributed by atoms with van der Waals surface area (Å²) >= 11 is 0. The lowest BCUT2D eigenvalue weighted by atomic mass is 9.79. The molecule has 1 heteroatoms. The van der Waals surface area contributed by atoms with Crippen LogP contribution < -0.4 is 0 Å². The Labute approximate surface area is 387 Å². The van der Waals surface area contributed by atoms with Gasteiger partial charge in [0, 0.05) is 11.1 Å². The van der Waals surface area contributed by atoms with Gasteiger partial charge in [-0.25, -0.2) is 4.98 Å². The fourth-order valence-corrected chi connectivity index (χ4v) is 9.60. The lowest BCUT2D eigenvalue weighted by molar-refractivity contribution is 1.32. The molecular formula is C65H45N. The Bertz CT molecular complexity index is 3160. The largest absolute Gasteiger partial charge is 0.248 e. The second-order valence-electron chi connectivity index (χ2n) is 16.5. The minimum Gasteiger partial charge on any atom is -0.248 e. The summed E-state index contributed by atoms with van der Waals surface area (Å²) in [6.45, 7) is 0. The SMILES string of the molecule is c1ccc(-c2cc(-c3cccc(-c4cc(-c5ccccc5)c(-c5ccccc5)c(-c5ccccc5)c4-c4ccccc4)n3)c(-c3ccccc3)c(-c3ccccc3)c2-c2ccccc2)cc1. The highest BCUT2D eigenvalue weighted by Gasteiger charge is 2.27. The third-order valence-electron chi connectivity index (χ3n) is 12.5. The highest BCUT2D eigenvalue weighted by Crippen LogP contribution is 2.52. The first-order chi connectivity index (χ1) is 32.8. The third kappa shape index (κ3) is 7.74. The molecule has 10 aromatic carbocycles. The number of pyridine rings is 1. The van der Waals surface area contributed by atoms with Crippen molar-refractivity contribution in [3.05, 3.63) is 273 Å². The summed E-state index contributed by atoms with van der Waals surface area (Å²) in [4.78, 5) is 5.83. The molecule has 1 nitrogen and oxygen atoms in total. The predicted octanol–water partition coefficient (Wildman–Crippen LogP) is 17.8. The minimum absolute atomic E-state index is 0.897. The van der Waals surface area contributed by atoms with E-state index in [1.54, 1.807) is 0 Å². The summed E-state index contributed by atoms with van der Waals surface area (Å²) in [6, 6.07) is 98.1. The van der Waals surface area contributed by atoms with E-state index in [4.69, 9.17) is 4.98 Å². The molecule has 11 aromatic rings. The van der Waals surface area contributed by atoms with Crippen molar-refractivity contribution in [2.45, 2.75) is 0 Å². The first kappa shape index (κ1) is 40.1. The average Bonchev–Trinajstić information content (AvgIpc) is 3.41. The quantitative estimate of drug-likeness (QED) is 0.134. The number of benzene rings is 10. The van der Waals surface area contributed by atoms with Crippen molar-refractivity contribution in [1.29, 1.82) is 0 Å². The molecule has 0 bridgehead atoms. The zero-order valence-electron chi connectivity index (χ0n) is 36.4. The van der Waals surface area contributed by atoms with Crippen molar-refractivity contribution in [1.82, 2.24) is 4.98 Å². The van der Waals surface area contributed by atoms with Crippen LogP contribution in [0.5, 0.6) is 0 Å². The predicted molar refractivity (Wildman–Crippen MR) is 279 cm³/mol. The van der Waals surface area contributed by atoms with Crippen LogP contribution in [-0.4, -0.2) is 4.98 Å². The number of aromatic nitrogens is 1. The second kappa shape index (κ2) is 18.2. The Balaban J connectivity index is 1.27. The summed E-state index contributed by atoms with van der Waals surface area (Å²) in [5.41, 5.74) is 22.4. The van der Waals surface area contributed by atoms with Crippen LogP contribution in [0, 0.1) is 0 Å². The molecule has 0 aliphatic carbocycles. The van der Waals surface area contributed by atoms with Crippen LogP contribution in [0.3, 0.4) is 0 Å². The molecule has 11 rings (SSSR count). The molecule has 66 heavy (non-hydrogen) atoms. The van der Waals surface area contributed by atoms with E-state index in [0.717, 1.165) is 89.3 Å². The lowest BCUT2D eigenvalue weighted by Crippen LogP contribution is -2.01. The zero-order valence-corrected chi connectivity index (χ0v) is 36.4. The summed E-state index contributed by atoms with van der Waals surface area (Å²) < 4.78 is 0. The molecule has 0 saturated heterocycles. The zero-order chi connectivity index (χ0) is 44.1. The molecule has 0 N–H and O–H groups in total. The van der Waals surface area contributed by atoms with Gasteiger partial charge in [0.15, 0.2) is 0 Å². The Morgan fingerprint density at radius 1 is 0.167 bits per heavy atom. The molecular weight excluding hydrogens is 795 g/mol. The summed E-state index contributed by atoms with van der Waals surface area (Å²) in [5, 5.41) is 0. The smallest absolute Gasteiger partial charge is 0.0716 e. The molecule has 0 spiro atoms. The van der Waals surface area contributed by atoms with Crippen molar-refractivity contribution in [3.63, 3.8) is 0 Å². The van der Waals surface area contributed by atoms with Crippen molar-refractivity contribution < 1.29 is 0 Å². The normalized spacial score (nSPS) is 11.0. The Hall–Kier alpha value is -8.65. The van der Waals surface area contributed by atoms with Gasteiger partial charge in [-0.2, -0.15) is 0 Å². The maximum atomic E-state index is 5.83. The Morgan fingerprint density at radius 2 is 0.379 bits per heavy atom. The van der Waals surface area contributed by atoms with E-state index >= 15 is 0 Å². The Morgan fingerprint density at radius 3 is 0.636 bits per heavy atom. The van der Waals surface area contributed by atoms with Crippen molar-refractivity contribution in [2.24, 2.45) is 0 Å². The van der Waals surface area contributed by atoms with E-state index in [1.165, 1.54) is 22.3 Å². The first-order valence-electron chi connectivity index (χ1n) is 22.6. The number of hydrogen-bond donors (Lipinski definition) is 0. The Kier molecular flexibility index (Phi) is 11.1. The van der Waals surface area contributed by atoms with E-state index in [2.05, 4.69) is 273 Å². The molecule has 0 saturated carbocycles. The van der Waals surface area contributed by atoms with Gasteiger partial charge in [-0.15, -0.1) is 0 Å². The minimum atomic E-state index is 0.897. The summed E-state index contributed by atoms with van der Waals surface area (Å²) in [7, 11) is 0. The van der Waals surface area contributed by atoms with E-state index in [1.807, 2.05) is 0 Å². The first-order valence-corrected chi connectivity index (χ1v) is 22.6. The molecule has 0 unspecified atom stereocenters. The topological polar surface area (TPSA) is 12.9 Å². The van der Waals surface area contributed by atoms with Crippen molar-refractivity contribution >= 4 is 0 Å². The van der Waals surface area contributed by atoms with Crippen molar-refractivity contribution in [2.75, 3.05) is 0 Å². The van der Waals surface area contributed by atoms with Gasteiger partial charge in [-0.1, -0.05) is 249 Å². The molecule has 0 atom stereocenters. The standard InChI is InChI=1S/C65H45N/c1-9-26-46(27-10-1)54-44-56(62(50-34-17-5-18-35-50)64(52-38-21-7-22-39-52)60(54)48-30-13-3-14-31-48)58-42-25-43-59(66-58)57-45-55(47-28-11-2-12-29-47)61(49-32-15-4-16-33-49)65(53-40-23-8-24-41-53)63(57)51-36-19-6-20-37-51/h1-45H. The highest BCUT2D eigenvalue weighted by atomic mass is 14.7. The lowest BCUT2D eigenvalue weighted by Gasteiger charge is -2.25. The van der Waals surface area contributed by atoms with Gasteiger partial charge in [0.1, 0.15) is 0 Å². The molecule has 1 aromatic heterocycles. The number of rotatable bonds is 10. The van der Waals surface area contributed by atoms with Gasteiger partial charge in [0.25, 0.3) is 0 Å². The summed E-state index contributed by atoms with van der Waals surface area (Å²) in [5.74, 6) is 0. The monoisotopic (exact) mass is 839 g/mol. The molecule has 0 fully saturated rings. The van der Waals surface area contributed by atoms with E-state index in [0.29, 0.717) is 0 Å². The van der Waals surface area contributed by atoms with E-state index in [-0.39, 0.29) is 0 Å². The van der Waals surface area contributed by atoms with E-state index < -0.39 is 0 Å². The number of hydrogen-bond acceptors (Lipinski definition) is 1. The molecule has 0 aliphatic heterocycles. The van der Waals surface area contributed by atoms with Gasteiger partial charge < -0.3 is 0 Å². The summed E-state index contributed by atoms with van der Waals surface area (Å²) in [6.07, 6.45) is 0. The molecule has 0 amide bonds. The van der Waals surface area contributed by atoms with Gasteiger partial charge in [-0.05, 0) is 113 Å². The maximum absolute atomic E-state index is 5.83. The number of nitrogens with zero attached hydrogens (tertiary/aromatic N) is 1. The van der Waals surface area contributed by atoms with Gasteiger partial charge in [-0.3, -0.25) is 0 Å². The van der Waals surface area contributed by atoms with Crippen LogP contribution in [0.4, 0.5) is 0 Å². The maximum Gasteiger partial charge on any atom is 0.0716 e. The third-order valence-corrected chi connectivity index (χ3v) is 12.5. The van der Waals surface area contributed by atoms with Crippen molar-refractivity contribution in [3.8, 4) is 112 Å². The van der Waals surface area contributed by atoms with Gasteiger partial charge in [0.05, 0.1) is 11.4 Å². The molecule has 310 valence electrons. The molecule has 1 heterocycles. The van der Waals surface area contributed by atoms with Crippen LogP contribution >= 0.6 is 0 Å². The van der Waals surface area contributed by atoms with Crippen LogP contribution in [-0.2, 0) is 0 Å². The van der Waals surface area contributed by atoms with Crippen LogP contribution in [0.15, 0.2) is 273 Å². The average molecular weight is 840 g/mol. The molecule has 0 aliphatic rings. The second-order valence-corrected chi connectivity index (χ2v) is 16.5. The van der Waals surface area contributed by atoms with E-state index in [9.17, 15) is 0 Å². The molecule has 0 radical (unpaired) electrons. The van der Waals surface area contributed by atoms with Crippen LogP contribution in [0.25, 0.3) is 112 Å². The van der Waals surface area contributed by atoms with Gasteiger partial charge >= 0.3 is 0 Å². The fourth-order valence-electron chi connectivity index (χ4n) is 9.60. The fraction of sp³-hybridized carbons (Fsp3) is 0. The van der Waals surface area contributed by atoms with Crippen LogP contribution in [0.1, 0.15) is 0 Å². The van der Waals surface area contributed by atoms with Crippen LogP contribution in [0.2, 0.25) is 0 Å². The van der Waals surface area contributed by atoms with Gasteiger partial charge in [0.2, 0.25) is 0 Å².